The SMILES string of the molecule is CC(C)C(C)(C(=O)O)c1cccc(Br)c1N. The van der Waals surface area contributed by atoms with Gasteiger partial charge in [0.15, 0.2) is 0 Å². The van der Waals surface area contributed by atoms with Gasteiger partial charge in [0.1, 0.15) is 0 Å². The number of benzene rings is 1. The maximum atomic E-state index is 11.5. The van der Waals surface area contributed by atoms with Crippen molar-refractivity contribution < 1.29 is 9.90 Å². The standard InChI is InChI=1S/C12H16BrNO2/c1-7(2)12(3,11(15)16)8-5-4-6-9(13)10(8)14/h4-7H,14H2,1-3H3,(H,15,16). The number of nitrogen functional groups attached to an aromatic ring is 1. The lowest BCUT2D eigenvalue weighted by Gasteiger charge is -2.31. The van der Waals surface area contributed by atoms with E-state index in [0.29, 0.717) is 11.3 Å². The van der Waals surface area contributed by atoms with Crippen molar-refractivity contribution in [2.75, 3.05) is 5.73 Å². The van der Waals surface area contributed by atoms with Gasteiger partial charge in [-0.3, -0.25) is 4.79 Å². The first-order valence-corrected chi connectivity index (χ1v) is 5.89. The third-order valence-electron chi connectivity index (χ3n) is 3.21. The largest absolute Gasteiger partial charge is 0.481 e. The van der Waals surface area contributed by atoms with Gasteiger partial charge in [-0.1, -0.05) is 26.0 Å². The minimum absolute atomic E-state index is 0.0402. The number of hydrogen-bond acceptors (Lipinski definition) is 2. The normalized spacial score (nSPS) is 14.8. The Balaban J connectivity index is 3.44. The lowest BCUT2D eigenvalue weighted by molar-refractivity contribution is -0.144. The van der Waals surface area contributed by atoms with Crippen molar-refractivity contribution in [2.24, 2.45) is 5.92 Å². The Bertz CT molecular complexity index is 417. The fourth-order valence-corrected chi connectivity index (χ4v) is 2.03. The molecule has 1 rings (SSSR count). The molecule has 16 heavy (non-hydrogen) atoms. The van der Waals surface area contributed by atoms with Gasteiger partial charge in [-0.25, -0.2) is 0 Å². The van der Waals surface area contributed by atoms with E-state index in [1.807, 2.05) is 13.8 Å². The van der Waals surface area contributed by atoms with Crippen molar-refractivity contribution in [1.82, 2.24) is 0 Å². The predicted octanol–water partition coefficient (Wildman–Crippen LogP) is 3.03. The molecule has 1 aromatic carbocycles. The van der Waals surface area contributed by atoms with E-state index in [0.717, 1.165) is 4.47 Å². The molecule has 1 atom stereocenters. The molecule has 0 aliphatic rings. The van der Waals surface area contributed by atoms with Crippen molar-refractivity contribution in [1.29, 1.82) is 0 Å². The lowest BCUT2D eigenvalue weighted by Crippen LogP contribution is -2.38. The molecule has 0 heterocycles. The van der Waals surface area contributed by atoms with Gasteiger partial charge in [-0.2, -0.15) is 0 Å². The van der Waals surface area contributed by atoms with E-state index in [1.165, 1.54) is 0 Å². The minimum atomic E-state index is -0.964. The van der Waals surface area contributed by atoms with Crippen LogP contribution >= 0.6 is 15.9 Å². The number of carboxylic acids is 1. The smallest absolute Gasteiger partial charge is 0.314 e. The fourth-order valence-electron chi connectivity index (χ4n) is 1.66. The summed E-state index contributed by atoms with van der Waals surface area (Å²) in [6.45, 7) is 5.47. The van der Waals surface area contributed by atoms with E-state index >= 15 is 0 Å². The van der Waals surface area contributed by atoms with E-state index < -0.39 is 11.4 Å². The second kappa shape index (κ2) is 4.45. The zero-order chi connectivity index (χ0) is 12.5. The summed E-state index contributed by atoms with van der Waals surface area (Å²) in [7, 11) is 0. The van der Waals surface area contributed by atoms with E-state index in [4.69, 9.17) is 5.73 Å². The van der Waals surface area contributed by atoms with E-state index in [2.05, 4.69) is 15.9 Å². The second-order valence-electron chi connectivity index (χ2n) is 4.36. The van der Waals surface area contributed by atoms with Gasteiger partial charge in [0.05, 0.1) is 11.1 Å². The Kier molecular flexibility index (Phi) is 3.63. The highest BCUT2D eigenvalue weighted by atomic mass is 79.9. The molecule has 0 radical (unpaired) electrons. The van der Waals surface area contributed by atoms with Gasteiger partial charge < -0.3 is 10.8 Å². The number of rotatable bonds is 3. The molecule has 1 unspecified atom stereocenters. The third-order valence-corrected chi connectivity index (χ3v) is 3.90. The molecule has 0 aliphatic carbocycles. The van der Waals surface area contributed by atoms with Crippen LogP contribution in [0, 0.1) is 5.92 Å². The van der Waals surface area contributed by atoms with E-state index in [1.54, 1.807) is 25.1 Å². The van der Waals surface area contributed by atoms with Crippen LogP contribution < -0.4 is 5.73 Å². The predicted molar refractivity (Wildman–Crippen MR) is 68.4 cm³/mol. The summed E-state index contributed by atoms with van der Waals surface area (Å²) in [5.41, 5.74) is 6.13. The van der Waals surface area contributed by atoms with Gasteiger partial charge >= 0.3 is 5.97 Å². The Morgan fingerprint density at radius 1 is 1.50 bits per heavy atom. The molecular weight excluding hydrogens is 270 g/mol. The summed E-state index contributed by atoms with van der Waals surface area (Å²) >= 11 is 3.32. The van der Waals surface area contributed by atoms with Crippen LogP contribution in [0.4, 0.5) is 5.69 Å². The van der Waals surface area contributed by atoms with Crippen molar-refractivity contribution in [2.45, 2.75) is 26.2 Å². The summed E-state index contributed by atoms with van der Waals surface area (Å²) in [6, 6.07) is 5.38. The Morgan fingerprint density at radius 3 is 2.50 bits per heavy atom. The summed E-state index contributed by atoms with van der Waals surface area (Å²) in [4.78, 5) is 11.5. The highest BCUT2D eigenvalue weighted by Gasteiger charge is 2.40. The third kappa shape index (κ3) is 1.94. The maximum absolute atomic E-state index is 11.5. The molecule has 0 aromatic heterocycles. The van der Waals surface area contributed by atoms with Gasteiger partial charge in [-0.15, -0.1) is 0 Å². The summed E-state index contributed by atoms with van der Waals surface area (Å²) in [6.07, 6.45) is 0. The Morgan fingerprint density at radius 2 is 2.06 bits per heavy atom. The van der Waals surface area contributed by atoms with Crippen LogP contribution in [0.15, 0.2) is 22.7 Å². The van der Waals surface area contributed by atoms with Gasteiger partial charge in [-0.05, 0) is 40.4 Å². The summed E-state index contributed by atoms with van der Waals surface area (Å²) < 4.78 is 0.734. The first-order chi connectivity index (χ1) is 7.31. The topological polar surface area (TPSA) is 63.3 Å². The molecule has 1 aromatic rings. The molecule has 88 valence electrons. The van der Waals surface area contributed by atoms with Crippen LogP contribution in [0.1, 0.15) is 26.3 Å². The van der Waals surface area contributed by atoms with Crippen LogP contribution in [0.2, 0.25) is 0 Å². The minimum Gasteiger partial charge on any atom is -0.481 e. The van der Waals surface area contributed by atoms with Crippen molar-refractivity contribution in [3.63, 3.8) is 0 Å². The number of carbonyl (C=O) groups is 1. The second-order valence-corrected chi connectivity index (χ2v) is 5.22. The number of para-hydroxylation sites is 1. The van der Waals surface area contributed by atoms with Crippen LogP contribution in [0.5, 0.6) is 0 Å². The Labute approximate surface area is 104 Å². The van der Waals surface area contributed by atoms with Crippen LogP contribution in [-0.2, 0) is 10.2 Å². The molecule has 0 saturated carbocycles. The average molecular weight is 286 g/mol. The number of nitrogens with two attached hydrogens (primary N) is 1. The fraction of sp³-hybridized carbons (Fsp3) is 0.417. The number of carboxylic acid groups (broad SMARTS) is 1. The van der Waals surface area contributed by atoms with Gasteiger partial charge in [0.25, 0.3) is 0 Å². The van der Waals surface area contributed by atoms with Crippen LogP contribution in [-0.4, -0.2) is 11.1 Å². The Hall–Kier alpha value is -1.03. The van der Waals surface area contributed by atoms with E-state index in [9.17, 15) is 9.90 Å². The number of halogens is 1. The van der Waals surface area contributed by atoms with Crippen molar-refractivity contribution in [3.05, 3.63) is 28.2 Å². The average Bonchev–Trinajstić information content (AvgIpc) is 2.20. The molecule has 0 fully saturated rings. The molecule has 4 heteroatoms. The zero-order valence-corrected chi connectivity index (χ0v) is 11.2. The quantitative estimate of drug-likeness (QED) is 0.839. The number of hydrogen-bond donors (Lipinski definition) is 2. The first-order valence-electron chi connectivity index (χ1n) is 5.09. The molecule has 0 spiro atoms. The summed E-state index contributed by atoms with van der Waals surface area (Å²) in [5.74, 6) is -0.895. The van der Waals surface area contributed by atoms with Gasteiger partial charge in [0, 0.05) is 4.47 Å². The highest BCUT2D eigenvalue weighted by Crippen LogP contribution is 2.38. The van der Waals surface area contributed by atoms with Gasteiger partial charge in [0.2, 0.25) is 0 Å². The lowest BCUT2D eigenvalue weighted by atomic mass is 9.73. The molecule has 0 aliphatic heterocycles. The van der Waals surface area contributed by atoms with Crippen LogP contribution in [0.25, 0.3) is 0 Å². The summed E-state index contributed by atoms with van der Waals surface area (Å²) in [5, 5.41) is 9.40. The van der Waals surface area contributed by atoms with Crippen molar-refractivity contribution in [3.8, 4) is 0 Å². The van der Waals surface area contributed by atoms with E-state index in [-0.39, 0.29) is 5.92 Å². The molecule has 0 amide bonds. The first kappa shape index (κ1) is 13.0. The molecular formula is C12H16BrNO2. The molecule has 3 N–H and O–H groups in total. The molecule has 0 bridgehead atoms. The zero-order valence-electron chi connectivity index (χ0n) is 9.62. The molecule has 0 saturated heterocycles. The molecule has 3 nitrogen and oxygen atoms in total. The number of aliphatic carboxylic acids is 1. The van der Waals surface area contributed by atoms with Crippen molar-refractivity contribution >= 4 is 27.6 Å². The maximum Gasteiger partial charge on any atom is 0.314 e. The highest BCUT2D eigenvalue weighted by molar-refractivity contribution is 9.10. The number of anilines is 1. The van der Waals surface area contributed by atoms with Crippen LogP contribution in [0.3, 0.4) is 0 Å². The monoisotopic (exact) mass is 285 g/mol.